The number of benzene rings is 1. The van der Waals surface area contributed by atoms with Gasteiger partial charge in [0.25, 0.3) is 0 Å². The number of amides is 1. The Morgan fingerprint density at radius 3 is 2.32 bits per heavy atom. The number of anilines is 1. The molecule has 1 N–H and O–H groups in total. The molecule has 1 atom stereocenters. The molecule has 1 amide bonds. The number of nitrogens with one attached hydrogen (secondary N) is 1. The van der Waals surface area contributed by atoms with Gasteiger partial charge in [0.2, 0.25) is 15.9 Å². The van der Waals surface area contributed by atoms with Gasteiger partial charge in [0.15, 0.2) is 0 Å². The third-order valence-corrected chi connectivity index (χ3v) is 4.81. The Morgan fingerprint density at radius 1 is 1.20 bits per heavy atom. The van der Waals surface area contributed by atoms with Crippen molar-refractivity contribution in [2.45, 2.75) is 25.9 Å². The second-order valence-electron chi connectivity index (χ2n) is 5.53. The highest BCUT2D eigenvalue weighted by Gasteiger charge is 2.31. The number of rotatable bonds is 7. The van der Waals surface area contributed by atoms with E-state index < -0.39 is 27.8 Å². The van der Waals surface area contributed by atoms with Crippen LogP contribution in [-0.4, -0.2) is 31.6 Å². The first kappa shape index (κ1) is 18.9. The van der Waals surface area contributed by atoms with Crippen LogP contribution in [0.5, 0.6) is 0 Å². The molecule has 1 aromatic heterocycles. The van der Waals surface area contributed by atoms with E-state index >= 15 is 0 Å². The first-order valence-corrected chi connectivity index (χ1v) is 9.59. The molecule has 2 aromatic rings. The molecular formula is C17H20FN3O3S. The van der Waals surface area contributed by atoms with Crippen LogP contribution >= 0.6 is 0 Å². The highest BCUT2D eigenvalue weighted by Crippen LogP contribution is 2.22. The van der Waals surface area contributed by atoms with Crippen LogP contribution in [0.15, 0.2) is 48.8 Å². The Morgan fingerprint density at radius 2 is 1.80 bits per heavy atom. The summed E-state index contributed by atoms with van der Waals surface area (Å²) in [5, 5.41) is 2.74. The number of pyridine rings is 1. The van der Waals surface area contributed by atoms with Gasteiger partial charge in [-0.2, -0.15) is 0 Å². The van der Waals surface area contributed by atoms with Crippen LogP contribution in [0.1, 0.15) is 18.9 Å². The van der Waals surface area contributed by atoms with Gasteiger partial charge in [-0.05, 0) is 48.4 Å². The van der Waals surface area contributed by atoms with Crippen molar-refractivity contribution in [1.29, 1.82) is 0 Å². The number of hydrogen-bond acceptors (Lipinski definition) is 4. The number of sulfonamides is 1. The molecule has 6 nitrogen and oxygen atoms in total. The second kappa shape index (κ2) is 8.06. The monoisotopic (exact) mass is 365 g/mol. The van der Waals surface area contributed by atoms with E-state index in [0.717, 1.165) is 28.3 Å². The zero-order chi connectivity index (χ0) is 18.4. The number of carbonyl (C=O) groups excluding carboxylic acids is 1. The largest absolute Gasteiger partial charge is 0.350 e. The molecule has 0 aliphatic heterocycles. The van der Waals surface area contributed by atoms with Crippen LogP contribution in [0.4, 0.5) is 10.1 Å². The summed E-state index contributed by atoms with van der Waals surface area (Å²) in [7, 11) is -3.73. The van der Waals surface area contributed by atoms with Crippen molar-refractivity contribution >= 4 is 21.6 Å². The third-order valence-electron chi connectivity index (χ3n) is 3.63. The van der Waals surface area contributed by atoms with E-state index in [-0.39, 0.29) is 18.7 Å². The zero-order valence-electron chi connectivity index (χ0n) is 14.0. The average molecular weight is 365 g/mol. The van der Waals surface area contributed by atoms with E-state index in [2.05, 4.69) is 10.3 Å². The van der Waals surface area contributed by atoms with Gasteiger partial charge < -0.3 is 5.32 Å². The first-order valence-electron chi connectivity index (χ1n) is 7.74. The maximum absolute atomic E-state index is 13.1. The van der Waals surface area contributed by atoms with E-state index in [1.165, 1.54) is 12.1 Å². The van der Waals surface area contributed by atoms with Crippen molar-refractivity contribution < 1.29 is 17.6 Å². The summed E-state index contributed by atoms with van der Waals surface area (Å²) >= 11 is 0. The van der Waals surface area contributed by atoms with E-state index in [0.29, 0.717) is 0 Å². The summed E-state index contributed by atoms with van der Waals surface area (Å²) in [5.41, 5.74) is 1.10. The Hall–Kier alpha value is -2.48. The maximum atomic E-state index is 13.1. The number of nitrogens with zero attached hydrogens (tertiary/aromatic N) is 2. The van der Waals surface area contributed by atoms with Crippen molar-refractivity contribution in [2.24, 2.45) is 0 Å². The Bertz CT molecular complexity index is 811. The molecule has 2 rings (SSSR count). The highest BCUT2D eigenvalue weighted by atomic mass is 32.2. The van der Waals surface area contributed by atoms with Crippen LogP contribution in [0.3, 0.4) is 0 Å². The van der Waals surface area contributed by atoms with E-state index in [1.807, 2.05) is 0 Å². The lowest BCUT2D eigenvalue weighted by Gasteiger charge is -2.30. The first-order chi connectivity index (χ1) is 11.8. The van der Waals surface area contributed by atoms with Crippen molar-refractivity contribution in [2.75, 3.05) is 10.6 Å². The fourth-order valence-corrected chi connectivity index (χ4v) is 3.67. The van der Waals surface area contributed by atoms with Crippen molar-refractivity contribution in [3.63, 3.8) is 0 Å². The smallest absolute Gasteiger partial charge is 0.244 e. The van der Waals surface area contributed by atoms with Crippen LogP contribution < -0.4 is 9.62 Å². The number of hydrogen-bond donors (Lipinski definition) is 1. The fourth-order valence-electron chi connectivity index (χ4n) is 2.46. The topological polar surface area (TPSA) is 79.4 Å². The molecule has 0 saturated carbocycles. The van der Waals surface area contributed by atoms with Gasteiger partial charge in [0.05, 0.1) is 11.9 Å². The molecule has 134 valence electrons. The van der Waals surface area contributed by atoms with Gasteiger partial charge in [0, 0.05) is 18.9 Å². The number of halogens is 1. The molecule has 1 heterocycles. The molecular weight excluding hydrogens is 345 g/mol. The summed E-state index contributed by atoms with van der Waals surface area (Å²) in [4.78, 5) is 16.5. The van der Waals surface area contributed by atoms with Gasteiger partial charge in [-0.15, -0.1) is 0 Å². The molecule has 0 aliphatic carbocycles. The molecule has 0 radical (unpaired) electrons. The summed E-state index contributed by atoms with van der Waals surface area (Å²) < 4.78 is 38.6. The van der Waals surface area contributed by atoms with Crippen molar-refractivity contribution in [3.05, 3.63) is 60.2 Å². The van der Waals surface area contributed by atoms with Crippen LogP contribution in [0.25, 0.3) is 0 Å². The standard InChI is InChI=1S/C17H20FN3O3S/c1-3-16(17(22)20-12-13-8-10-19-11-9-13)21(25(2,23)24)15-6-4-14(18)5-7-15/h4-11,16H,3,12H2,1-2H3,(H,20,22)/t16-/m1/s1. The quantitative estimate of drug-likeness (QED) is 0.815. The lowest BCUT2D eigenvalue weighted by Crippen LogP contribution is -2.49. The molecule has 0 bridgehead atoms. The predicted octanol–water partition coefficient (Wildman–Crippen LogP) is 2.08. The van der Waals surface area contributed by atoms with Crippen molar-refractivity contribution in [1.82, 2.24) is 10.3 Å². The van der Waals surface area contributed by atoms with Crippen LogP contribution in [-0.2, 0) is 21.4 Å². The van der Waals surface area contributed by atoms with E-state index in [9.17, 15) is 17.6 Å². The predicted molar refractivity (Wildman–Crippen MR) is 93.9 cm³/mol. The lowest BCUT2D eigenvalue weighted by molar-refractivity contribution is -0.122. The minimum absolute atomic E-state index is 0.245. The SMILES string of the molecule is CC[C@H](C(=O)NCc1ccncc1)N(c1ccc(F)cc1)S(C)(=O)=O. The molecule has 8 heteroatoms. The minimum Gasteiger partial charge on any atom is -0.350 e. The van der Waals surface area contributed by atoms with E-state index in [4.69, 9.17) is 0 Å². The Balaban J connectivity index is 2.23. The average Bonchev–Trinajstić information content (AvgIpc) is 2.58. The highest BCUT2D eigenvalue weighted by molar-refractivity contribution is 7.92. The van der Waals surface area contributed by atoms with Gasteiger partial charge >= 0.3 is 0 Å². The summed E-state index contributed by atoms with van der Waals surface area (Å²) in [6.45, 7) is 1.98. The molecule has 0 spiro atoms. The zero-order valence-corrected chi connectivity index (χ0v) is 14.8. The number of aromatic nitrogens is 1. The van der Waals surface area contributed by atoms with E-state index in [1.54, 1.807) is 31.5 Å². The molecule has 0 unspecified atom stereocenters. The normalized spacial score (nSPS) is 12.4. The van der Waals surface area contributed by atoms with Gasteiger partial charge in [-0.25, -0.2) is 12.8 Å². The molecule has 0 fully saturated rings. The summed E-state index contributed by atoms with van der Waals surface area (Å²) in [5.74, 6) is -0.901. The second-order valence-corrected chi connectivity index (χ2v) is 7.39. The van der Waals surface area contributed by atoms with Crippen LogP contribution in [0, 0.1) is 5.82 Å². The molecule has 1 aromatic carbocycles. The molecule has 0 saturated heterocycles. The molecule has 0 aliphatic rings. The summed E-state index contributed by atoms with van der Waals surface area (Å²) in [6, 6.07) is 7.60. The van der Waals surface area contributed by atoms with Gasteiger partial charge in [-0.3, -0.25) is 14.1 Å². The van der Waals surface area contributed by atoms with Crippen molar-refractivity contribution in [3.8, 4) is 0 Å². The lowest BCUT2D eigenvalue weighted by atomic mass is 10.1. The Labute approximate surface area is 146 Å². The minimum atomic E-state index is -3.73. The Kier molecular flexibility index (Phi) is 6.08. The van der Waals surface area contributed by atoms with Gasteiger partial charge in [0.1, 0.15) is 11.9 Å². The molecule has 25 heavy (non-hydrogen) atoms. The number of carbonyl (C=O) groups is 1. The maximum Gasteiger partial charge on any atom is 0.244 e. The van der Waals surface area contributed by atoms with Gasteiger partial charge in [-0.1, -0.05) is 6.92 Å². The summed E-state index contributed by atoms with van der Waals surface area (Å²) in [6.07, 6.45) is 4.52. The fraction of sp³-hybridized carbons (Fsp3) is 0.294. The third kappa shape index (κ3) is 4.99. The van der Waals surface area contributed by atoms with Crippen LogP contribution in [0.2, 0.25) is 0 Å².